The average molecular weight is 355 g/mol. The zero-order valence-electron chi connectivity index (χ0n) is 14.6. The highest BCUT2D eigenvalue weighted by Crippen LogP contribution is 2.25. The summed E-state index contributed by atoms with van der Waals surface area (Å²) in [5.41, 5.74) is 6.94. The van der Waals surface area contributed by atoms with E-state index in [1.165, 1.54) is 12.1 Å². The van der Waals surface area contributed by atoms with Gasteiger partial charge in [0.25, 0.3) is 5.91 Å². The molecule has 2 aromatic rings. The van der Waals surface area contributed by atoms with Crippen molar-refractivity contribution < 1.29 is 15.0 Å². The van der Waals surface area contributed by atoms with Crippen LogP contribution in [0, 0.1) is 0 Å². The molecule has 1 aliphatic carbocycles. The number of aromatic hydroxyl groups is 1. The number of carbonyl (C=O) groups is 1. The van der Waals surface area contributed by atoms with Crippen LogP contribution in [0.3, 0.4) is 0 Å². The Balaban J connectivity index is 1.50. The Morgan fingerprint density at radius 3 is 2.62 bits per heavy atom. The third-order valence-electron chi connectivity index (χ3n) is 4.85. The first-order chi connectivity index (χ1) is 12.5. The molecular formula is C20H25N3O3. The Labute approximate surface area is 153 Å². The van der Waals surface area contributed by atoms with Crippen molar-refractivity contribution in [3.05, 3.63) is 59.7 Å². The molecule has 0 aliphatic heterocycles. The van der Waals surface area contributed by atoms with Crippen molar-refractivity contribution in [3.63, 3.8) is 0 Å². The lowest BCUT2D eigenvalue weighted by Gasteiger charge is -2.18. The molecule has 2 aromatic carbocycles. The van der Waals surface area contributed by atoms with Gasteiger partial charge in [-0.1, -0.05) is 24.3 Å². The van der Waals surface area contributed by atoms with E-state index in [2.05, 4.69) is 22.8 Å². The van der Waals surface area contributed by atoms with Crippen LogP contribution in [0.15, 0.2) is 48.5 Å². The number of rotatable bonds is 7. The summed E-state index contributed by atoms with van der Waals surface area (Å²) < 4.78 is 0. The molecule has 6 N–H and O–H groups in total. The van der Waals surface area contributed by atoms with E-state index in [0.717, 1.165) is 24.9 Å². The highest BCUT2D eigenvalue weighted by molar-refractivity contribution is 5.95. The highest BCUT2D eigenvalue weighted by atomic mass is 16.3. The van der Waals surface area contributed by atoms with Crippen molar-refractivity contribution in [1.82, 2.24) is 5.32 Å². The van der Waals surface area contributed by atoms with Crippen LogP contribution in [0.1, 0.15) is 41.3 Å². The van der Waals surface area contributed by atoms with Crippen molar-refractivity contribution in [2.24, 2.45) is 5.73 Å². The molecule has 1 unspecified atom stereocenters. The maximum Gasteiger partial charge on any atom is 0.252 e. The topological polar surface area (TPSA) is 108 Å². The number of amides is 1. The van der Waals surface area contributed by atoms with Gasteiger partial charge < -0.3 is 26.6 Å². The fourth-order valence-electron chi connectivity index (χ4n) is 3.42. The molecule has 0 aromatic heterocycles. The Bertz CT molecular complexity index is 751. The molecule has 6 heteroatoms. The summed E-state index contributed by atoms with van der Waals surface area (Å²) in [4.78, 5) is 11.3. The highest BCUT2D eigenvalue weighted by Gasteiger charge is 2.25. The summed E-state index contributed by atoms with van der Waals surface area (Å²) in [6.07, 6.45) is 2.34. The van der Waals surface area contributed by atoms with E-state index in [9.17, 15) is 15.0 Å². The number of hydrogen-bond acceptors (Lipinski definition) is 5. The number of aliphatic hydroxyl groups excluding tert-OH is 1. The minimum absolute atomic E-state index is 0.0227. The van der Waals surface area contributed by atoms with Gasteiger partial charge in [-0.05, 0) is 49.1 Å². The van der Waals surface area contributed by atoms with Gasteiger partial charge >= 0.3 is 0 Å². The van der Waals surface area contributed by atoms with E-state index in [1.54, 1.807) is 6.07 Å². The van der Waals surface area contributed by atoms with Gasteiger partial charge in [0.2, 0.25) is 0 Å². The smallest absolute Gasteiger partial charge is 0.252 e. The molecule has 138 valence electrons. The molecule has 0 radical (unpaired) electrons. The zero-order valence-corrected chi connectivity index (χ0v) is 14.6. The first-order valence-corrected chi connectivity index (χ1v) is 8.88. The fourth-order valence-corrected chi connectivity index (χ4v) is 3.42. The van der Waals surface area contributed by atoms with Crippen LogP contribution >= 0.6 is 0 Å². The van der Waals surface area contributed by atoms with Crippen molar-refractivity contribution in [2.75, 3.05) is 11.9 Å². The third-order valence-corrected chi connectivity index (χ3v) is 4.85. The second-order valence-electron chi connectivity index (χ2n) is 6.78. The summed E-state index contributed by atoms with van der Waals surface area (Å²) >= 11 is 0. The molecule has 3 rings (SSSR count). The lowest BCUT2D eigenvalue weighted by Crippen LogP contribution is -2.32. The molecule has 0 saturated heterocycles. The first kappa shape index (κ1) is 18.2. The molecule has 0 heterocycles. The largest absolute Gasteiger partial charge is 0.507 e. The van der Waals surface area contributed by atoms with Crippen LogP contribution in [0.2, 0.25) is 0 Å². The SMILES string of the molecule is NC(=O)c1cc(C(O)CN[C@@H]2CC[C@@H](Nc3ccccc3)C2)ccc1O. The molecule has 0 spiro atoms. The van der Waals surface area contributed by atoms with Crippen LogP contribution in [0.5, 0.6) is 5.75 Å². The molecule has 6 nitrogen and oxygen atoms in total. The van der Waals surface area contributed by atoms with Gasteiger partial charge in [0.05, 0.1) is 11.7 Å². The Morgan fingerprint density at radius 2 is 1.88 bits per heavy atom. The predicted molar refractivity (Wildman–Crippen MR) is 101 cm³/mol. The van der Waals surface area contributed by atoms with Crippen molar-refractivity contribution in [3.8, 4) is 5.75 Å². The minimum Gasteiger partial charge on any atom is -0.507 e. The molecule has 1 fully saturated rings. The maximum absolute atomic E-state index is 11.3. The van der Waals surface area contributed by atoms with E-state index >= 15 is 0 Å². The number of nitrogens with two attached hydrogens (primary N) is 1. The monoisotopic (exact) mass is 355 g/mol. The molecule has 26 heavy (non-hydrogen) atoms. The molecule has 1 amide bonds. The quantitative estimate of drug-likeness (QED) is 0.523. The first-order valence-electron chi connectivity index (χ1n) is 8.88. The molecule has 0 bridgehead atoms. The van der Waals surface area contributed by atoms with E-state index in [-0.39, 0.29) is 11.3 Å². The molecule has 1 saturated carbocycles. The summed E-state index contributed by atoms with van der Waals surface area (Å²) in [5, 5.41) is 26.9. The number of anilines is 1. The second-order valence-corrected chi connectivity index (χ2v) is 6.78. The second kappa shape index (κ2) is 8.21. The Kier molecular flexibility index (Phi) is 5.75. The van der Waals surface area contributed by atoms with Crippen LogP contribution in [-0.2, 0) is 0 Å². The van der Waals surface area contributed by atoms with E-state index in [4.69, 9.17) is 5.73 Å². The number of carbonyl (C=O) groups excluding carboxylic acids is 1. The summed E-state index contributed by atoms with van der Waals surface area (Å²) in [5.74, 6) is -0.887. The number of nitrogens with one attached hydrogen (secondary N) is 2. The summed E-state index contributed by atoms with van der Waals surface area (Å²) in [6, 6.07) is 15.3. The normalized spacial score (nSPS) is 20.7. The van der Waals surface area contributed by atoms with E-state index < -0.39 is 12.0 Å². The predicted octanol–water partition coefficient (Wildman–Crippen LogP) is 2.15. The van der Waals surface area contributed by atoms with Gasteiger partial charge in [-0.25, -0.2) is 0 Å². The van der Waals surface area contributed by atoms with E-state index in [1.807, 2.05) is 18.2 Å². The van der Waals surface area contributed by atoms with Gasteiger partial charge in [-0.15, -0.1) is 0 Å². The van der Waals surface area contributed by atoms with Gasteiger partial charge in [0, 0.05) is 24.3 Å². The average Bonchev–Trinajstić information content (AvgIpc) is 3.08. The summed E-state index contributed by atoms with van der Waals surface area (Å²) in [6.45, 7) is 0.381. The van der Waals surface area contributed by atoms with Crippen LogP contribution in [-0.4, -0.2) is 34.7 Å². The lowest BCUT2D eigenvalue weighted by molar-refractivity contribution is 0.0997. The van der Waals surface area contributed by atoms with Crippen molar-refractivity contribution in [1.29, 1.82) is 0 Å². The standard InChI is InChI=1S/C20H25N3O3/c21-20(26)17-10-13(6-9-18(17)24)19(25)12-22-15-7-8-16(11-15)23-14-4-2-1-3-5-14/h1-6,9-10,15-16,19,22-25H,7-8,11-12H2,(H2,21,26)/t15-,16-,19?/m1/s1. The lowest BCUT2D eigenvalue weighted by atomic mass is 10.0. The van der Waals surface area contributed by atoms with Gasteiger partial charge in [-0.3, -0.25) is 4.79 Å². The number of hydrogen-bond donors (Lipinski definition) is 5. The molecule has 3 atom stereocenters. The van der Waals surface area contributed by atoms with Crippen LogP contribution < -0.4 is 16.4 Å². The zero-order chi connectivity index (χ0) is 18.5. The maximum atomic E-state index is 11.3. The Hall–Kier alpha value is -2.57. The third kappa shape index (κ3) is 4.53. The number of benzene rings is 2. The number of primary amides is 1. The fraction of sp³-hybridized carbons (Fsp3) is 0.350. The van der Waals surface area contributed by atoms with Gasteiger partial charge in [0.15, 0.2) is 0 Å². The summed E-state index contributed by atoms with van der Waals surface area (Å²) in [7, 11) is 0. The van der Waals surface area contributed by atoms with E-state index in [0.29, 0.717) is 24.2 Å². The minimum atomic E-state index is -0.769. The van der Waals surface area contributed by atoms with Crippen LogP contribution in [0.25, 0.3) is 0 Å². The van der Waals surface area contributed by atoms with Gasteiger partial charge in [0.1, 0.15) is 5.75 Å². The number of phenols is 1. The van der Waals surface area contributed by atoms with Crippen molar-refractivity contribution >= 4 is 11.6 Å². The van der Waals surface area contributed by atoms with Crippen LogP contribution in [0.4, 0.5) is 5.69 Å². The molecule has 1 aliphatic rings. The van der Waals surface area contributed by atoms with Gasteiger partial charge in [-0.2, -0.15) is 0 Å². The Morgan fingerprint density at radius 1 is 1.15 bits per heavy atom. The number of para-hydroxylation sites is 1. The number of aliphatic hydroxyl groups is 1. The molecular weight excluding hydrogens is 330 g/mol. The van der Waals surface area contributed by atoms with Crippen molar-refractivity contribution in [2.45, 2.75) is 37.5 Å².